The lowest BCUT2D eigenvalue weighted by Crippen LogP contribution is -2.54. The second-order valence-corrected chi connectivity index (χ2v) is 7.68. The van der Waals surface area contributed by atoms with E-state index >= 15 is 0 Å². The van der Waals surface area contributed by atoms with Gasteiger partial charge in [0.05, 0.1) is 5.75 Å². The molecule has 0 saturated carbocycles. The average molecular weight is 322 g/mol. The van der Waals surface area contributed by atoms with Crippen LogP contribution in [-0.4, -0.2) is 29.1 Å². The van der Waals surface area contributed by atoms with Gasteiger partial charge in [0.15, 0.2) is 0 Å². The quantitative estimate of drug-likeness (QED) is 0.792. The van der Waals surface area contributed by atoms with Crippen LogP contribution in [-0.2, 0) is 9.59 Å². The summed E-state index contributed by atoms with van der Waals surface area (Å²) in [6.07, 6.45) is 0. The maximum atomic E-state index is 12.3. The highest BCUT2D eigenvalue weighted by molar-refractivity contribution is 8.00. The van der Waals surface area contributed by atoms with E-state index in [1.54, 1.807) is 0 Å². The van der Waals surface area contributed by atoms with Gasteiger partial charge in [-0.25, -0.2) is 0 Å². The van der Waals surface area contributed by atoms with Crippen molar-refractivity contribution in [3.05, 3.63) is 30.3 Å². The molecule has 0 radical (unpaired) electrons. The summed E-state index contributed by atoms with van der Waals surface area (Å²) in [5, 5.41) is 5.76. The van der Waals surface area contributed by atoms with E-state index in [2.05, 4.69) is 10.6 Å². The molecule has 0 spiro atoms. The standard InChI is InChI=1S/C17H26N2O2S/c1-12(2)15(16(21)19-17(3,4)5)18-14(20)11-22-13-9-7-6-8-10-13/h6-10,12,15H,11H2,1-5H3,(H,18,20)(H,19,21)/t15-/m0/s1. The summed E-state index contributed by atoms with van der Waals surface area (Å²) in [5.74, 6) is 0.0703. The molecule has 1 rings (SSSR count). The minimum atomic E-state index is -0.511. The normalized spacial score (nSPS) is 12.8. The van der Waals surface area contributed by atoms with Crippen LogP contribution in [0.5, 0.6) is 0 Å². The molecule has 1 atom stereocenters. The van der Waals surface area contributed by atoms with Crippen LogP contribution in [0.4, 0.5) is 0 Å². The van der Waals surface area contributed by atoms with Crippen molar-refractivity contribution in [1.82, 2.24) is 10.6 Å². The number of thioether (sulfide) groups is 1. The van der Waals surface area contributed by atoms with Crippen molar-refractivity contribution < 1.29 is 9.59 Å². The predicted octanol–water partition coefficient (Wildman–Crippen LogP) is 2.83. The smallest absolute Gasteiger partial charge is 0.243 e. The van der Waals surface area contributed by atoms with Gasteiger partial charge < -0.3 is 10.6 Å². The SMILES string of the molecule is CC(C)[C@H](NC(=O)CSc1ccccc1)C(=O)NC(C)(C)C. The molecule has 1 aromatic rings. The Labute approximate surface area is 137 Å². The molecule has 5 heteroatoms. The molecule has 122 valence electrons. The van der Waals surface area contributed by atoms with Crippen LogP contribution in [0.1, 0.15) is 34.6 Å². The third kappa shape index (κ3) is 6.98. The zero-order chi connectivity index (χ0) is 16.8. The summed E-state index contributed by atoms with van der Waals surface area (Å²) in [7, 11) is 0. The van der Waals surface area contributed by atoms with Crippen molar-refractivity contribution in [2.75, 3.05) is 5.75 Å². The zero-order valence-electron chi connectivity index (χ0n) is 14.0. The Morgan fingerprint density at radius 1 is 1.14 bits per heavy atom. The largest absolute Gasteiger partial charge is 0.350 e. The highest BCUT2D eigenvalue weighted by Crippen LogP contribution is 2.16. The first kappa shape index (κ1) is 18.6. The molecule has 0 fully saturated rings. The van der Waals surface area contributed by atoms with E-state index in [1.165, 1.54) is 11.8 Å². The second-order valence-electron chi connectivity index (χ2n) is 6.63. The highest BCUT2D eigenvalue weighted by Gasteiger charge is 2.26. The number of hydrogen-bond acceptors (Lipinski definition) is 3. The Morgan fingerprint density at radius 3 is 2.23 bits per heavy atom. The second kappa shape index (κ2) is 8.22. The Hall–Kier alpha value is -1.49. The van der Waals surface area contributed by atoms with E-state index < -0.39 is 6.04 Å². The van der Waals surface area contributed by atoms with Crippen LogP contribution in [0.2, 0.25) is 0 Å². The van der Waals surface area contributed by atoms with Crippen molar-refractivity contribution >= 4 is 23.6 Å². The van der Waals surface area contributed by atoms with E-state index in [4.69, 9.17) is 0 Å². The molecule has 4 nitrogen and oxygen atoms in total. The monoisotopic (exact) mass is 322 g/mol. The van der Waals surface area contributed by atoms with Gasteiger partial charge in [-0.05, 0) is 38.8 Å². The van der Waals surface area contributed by atoms with E-state index in [0.29, 0.717) is 5.75 Å². The van der Waals surface area contributed by atoms with Gasteiger partial charge in [0.25, 0.3) is 0 Å². The van der Waals surface area contributed by atoms with Gasteiger partial charge in [-0.3, -0.25) is 9.59 Å². The lowest BCUT2D eigenvalue weighted by atomic mass is 10.0. The number of amides is 2. The molecule has 0 unspecified atom stereocenters. The molecule has 0 aliphatic heterocycles. The lowest BCUT2D eigenvalue weighted by Gasteiger charge is -2.27. The molecule has 0 aliphatic rings. The fourth-order valence-electron chi connectivity index (χ4n) is 1.86. The number of carbonyl (C=O) groups excluding carboxylic acids is 2. The molecule has 0 aromatic heterocycles. The van der Waals surface area contributed by atoms with Crippen LogP contribution in [0.3, 0.4) is 0 Å². The average Bonchev–Trinajstić information content (AvgIpc) is 2.41. The van der Waals surface area contributed by atoms with Gasteiger partial charge in [0.1, 0.15) is 6.04 Å². The van der Waals surface area contributed by atoms with Crippen molar-refractivity contribution in [1.29, 1.82) is 0 Å². The first-order valence-electron chi connectivity index (χ1n) is 7.48. The maximum Gasteiger partial charge on any atom is 0.243 e. The van der Waals surface area contributed by atoms with Crippen LogP contribution in [0.15, 0.2) is 35.2 Å². The van der Waals surface area contributed by atoms with E-state index in [1.807, 2.05) is 65.0 Å². The van der Waals surface area contributed by atoms with Crippen LogP contribution in [0, 0.1) is 5.92 Å². The predicted molar refractivity (Wildman–Crippen MR) is 91.8 cm³/mol. The summed E-state index contributed by atoms with van der Waals surface area (Å²) in [6, 6.07) is 9.23. The number of rotatable bonds is 6. The third-order valence-corrected chi connectivity index (χ3v) is 3.89. The molecular weight excluding hydrogens is 296 g/mol. The Morgan fingerprint density at radius 2 is 1.73 bits per heavy atom. The van der Waals surface area contributed by atoms with Gasteiger partial charge in [0, 0.05) is 10.4 Å². The molecule has 0 heterocycles. The Bertz CT molecular complexity index is 495. The number of nitrogens with one attached hydrogen (secondary N) is 2. The summed E-state index contributed by atoms with van der Waals surface area (Å²) in [4.78, 5) is 25.4. The van der Waals surface area contributed by atoms with Crippen molar-refractivity contribution in [2.45, 2.75) is 51.1 Å². The van der Waals surface area contributed by atoms with Crippen LogP contribution < -0.4 is 10.6 Å². The maximum absolute atomic E-state index is 12.3. The van der Waals surface area contributed by atoms with E-state index in [-0.39, 0.29) is 23.3 Å². The van der Waals surface area contributed by atoms with Crippen LogP contribution >= 0.6 is 11.8 Å². The van der Waals surface area contributed by atoms with Gasteiger partial charge >= 0.3 is 0 Å². The summed E-state index contributed by atoms with van der Waals surface area (Å²) >= 11 is 1.46. The fraction of sp³-hybridized carbons (Fsp3) is 0.529. The molecule has 2 N–H and O–H groups in total. The molecule has 0 aliphatic carbocycles. The molecule has 1 aromatic carbocycles. The highest BCUT2D eigenvalue weighted by atomic mass is 32.2. The van der Waals surface area contributed by atoms with Crippen molar-refractivity contribution in [3.8, 4) is 0 Å². The fourth-order valence-corrected chi connectivity index (χ4v) is 2.59. The van der Waals surface area contributed by atoms with Gasteiger partial charge in [0.2, 0.25) is 11.8 Å². The third-order valence-electron chi connectivity index (χ3n) is 2.88. The number of carbonyl (C=O) groups is 2. The molecule has 0 bridgehead atoms. The number of hydrogen-bond donors (Lipinski definition) is 2. The first-order chi connectivity index (χ1) is 10.2. The molecule has 2 amide bonds. The number of benzene rings is 1. The summed E-state index contributed by atoms with van der Waals surface area (Å²) in [6.45, 7) is 9.63. The summed E-state index contributed by atoms with van der Waals surface area (Å²) in [5.41, 5.74) is -0.312. The summed E-state index contributed by atoms with van der Waals surface area (Å²) < 4.78 is 0. The Balaban J connectivity index is 2.55. The van der Waals surface area contributed by atoms with Crippen molar-refractivity contribution in [3.63, 3.8) is 0 Å². The molecule has 22 heavy (non-hydrogen) atoms. The first-order valence-corrected chi connectivity index (χ1v) is 8.47. The Kier molecular flexibility index (Phi) is 6.94. The minimum Gasteiger partial charge on any atom is -0.350 e. The van der Waals surface area contributed by atoms with Gasteiger partial charge in [-0.15, -0.1) is 11.8 Å². The molecular formula is C17H26N2O2S. The van der Waals surface area contributed by atoms with Crippen LogP contribution in [0.25, 0.3) is 0 Å². The zero-order valence-corrected chi connectivity index (χ0v) is 14.8. The van der Waals surface area contributed by atoms with Crippen molar-refractivity contribution in [2.24, 2.45) is 5.92 Å². The van der Waals surface area contributed by atoms with Gasteiger partial charge in [-0.2, -0.15) is 0 Å². The molecule has 0 saturated heterocycles. The van der Waals surface area contributed by atoms with E-state index in [0.717, 1.165) is 4.90 Å². The topological polar surface area (TPSA) is 58.2 Å². The minimum absolute atomic E-state index is 0.0352. The lowest BCUT2D eigenvalue weighted by molar-refractivity contribution is -0.130. The van der Waals surface area contributed by atoms with Gasteiger partial charge in [-0.1, -0.05) is 32.0 Å². The van der Waals surface area contributed by atoms with E-state index in [9.17, 15) is 9.59 Å².